The number of nitro groups is 1. The molecule has 1 N–H and O–H groups in total. The highest BCUT2D eigenvalue weighted by atomic mass is 16.6. The van der Waals surface area contributed by atoms with Gasteiger partial charge in [-0.15, -0.1) is 0 Å². The second kappa shape index (κ2) is 6.44. The van der Waals surface area contributed by atoms with E-state index in [1.165, 1.54) is 4.40 Å². The molecule has 7 heteroatoms. The summed E-state index contributed by atoms with van der Waals surface area (Å²) in [5.74, 6) is -0.000331. The Bertz CT molecular complexity index is 590. The normalized spacial score (nSPS) is 11.3. The molecule has 0 aliphatic heterocycles. The molecule has 108 valence electrons. The van der Waals surface area contributed by atoms with Crippen molar-refractivity contribution in [2.45, 2.75) is 19.9 Å². The molecular formula is C13H18N4O3. The van der Waals surface area contributed by atoms with Crippen molar-refractivity contribution < 1.29 is 10.0 Å². The van der Waals surface area contributed by atoms with Gasteiger partial charge in [0.25, 0.3) is 0 Å². The Balaban J connectivity index is 2.37. The fourth-order valence-electron chi connectivity index (χ4n) is 2.27. The molecule has 0 aromatic carbocycles. The highest BCUT2D eigenvalue weighted by Gasteiger charge is 2.23. The third-order valence-corrected chi connectivity index (χ3v) is 3.08. The Morgan fingerprint density at radius 3 is 2.90 bits per heavy atom. The van der Waals surface area contributed by atoms with E-state index in [0.29, 0.717) is 24.4 Å². The second-order valence-electron chi connectivity index (χ2n) is 4.57. The van der Waals surface area contributed by atoms with Crippen molar-refractivity contribution in [2.24, 2.45) is 0 Å². The molecule has 0 bridgehead atoms. The quantitative estimate of drug-likeness (QED) is 0.612. The molecule has 0 aliphatic carbocycles. The Kier molecular flexibility index (Phi) is 4.65. The molecule has 0 saturated carbocycles. The summed E-state index contributed by atoms with van der Waals surface area (Å²) in [6, 6.07) is 5.28. The van der Waals surface area contributed by atoms with E-state index in [-0.39, 0.29) is 12.4 Å². The standard InChI is InChI=1S/C13H18N4O3/c1-2-6-15(8-9-18)10-11-13(17(19)20)16-7-4-3-5-12(16)14-11/h3-5,7,18H,2,6,8-10H2,1H3. The van der Waals surface area contributed by atoms with Gasteiger partial charge in [-0.05, 0) is 24.0 Å². The average molecular weight is 278 g/mol. The second-order valence-corrected chi connectivity index (χ2v) is 4.57. The topological polar surface area (TPSA) is 83.9 Å². The van der Waals surface area contributed by atoms with E-state index in [1.807, 2.05) is 11.8 Å². The van der Waals surface area contributed by atoms with Crippen LogP contribution in [0, 0.1) is 10.1 Å². The number of hydrogen-bond acceptors (Lipinski definition) is 5. The Hall–Kier alpha value is -1.99. The maximum absolute atomic E-state index is 11.3. The van der Waals surface area contributed by atoms with Gasteiger partial charge in [-0.3, -0.25) is 4.90 Å². The molecule has 2 aromatic heterocycles. The summed E-state index contributed by atoms with van der Waals surface area (Å²) in [5, 5.41) is 20.3. The molecule has 2 rings (SSSR count). The maximum Gasteiger partial charge on any atom is 0.352 e. The molecule has 0 fully saturated rings. The minimum atomic E-state index is -0.404. The highest BCUT2D eigenvalue weighted by molar-refractivity contribution is 5.48. The van der Waals surface area contributed by atoms with Gasteiger partial charge in [-0.25, -0.2) is 4.98 Å². The first kappa shape index (κ1) is 14.4. The van der Waals surface area contributed by atoms with Gasteiger partial charge in [-0.1, -0.05) is 13.0 Å². The molecule has 0 amide bonds. The molecule has 2 aromatic rings. The Labute approximate surface area is 116 Å². The first-order valence-electron chi connectivity index (χ1n) is 6.61. The average Bonchev–Trinajstić information content (AvgIpc) is 2.77. The predicted molar refractivity (Wildman–Crippen MR) is 74.5 cm³/mol. The summed E-state index contributed by atoms with van der Waals surface area (Å²) in [5.41, 5.74) is 0.998. The third-order valence-electron chi connectivity index (χ3n) is 3.08. The molecule has 0 spiro atoms. The molecule has 0 radical (unpaired) electrons. The van der Waals surface area contributed by atoms with Crippen LogP contribution < -0.4 is 0 Å². The van der Waals surface area contributed by atoms with Crippen LogP contribution in [0.15, 0.2) is 24.4 Å². The third kappa shape index (κ3) is 2.94. The van der Waals surface area contributed by atoms with Gasteiger partial charge in [0.05, 0.1) is 12.8 Å². The molecule has 20 heavy (non-hydrogen) atoms. The molecule has 2 heterocycles. The Morgan fingerprint density at radius 1 is 1.45 bits per heavy atom. The number of aliphatic hydroxyl groups is 1. The molecule has 7 nitrogen and oxygen atoms in total. The minimum Gasteiger partial charge on any atom is -0.395 e. The van der Waals surface area contributed by atoms with E-state index in [9.17, 15) is 10.1 Å². The van der Waals surface area contributed by atoms with Gasteiger partial charge in [0.15, 0.2) is 5.69 Å². The lowest BCUT2D eigenvalue weighted by Crippen LogP contribution is -2.27. The van der Waals surface area contributed by atoms with Crippen LogP contribution in [0.2, 0.25) is 0 Å². The number of rotatable bonds is 7. The van der Waals surface area contributed by atoms with Crippen molar-refractivity contribution in [2.75, 3.05) is 19.7 Å². The zero-order valence-corrected chi connectivity index (χ0v) is 11.4. The molecule has 0 atom stereocenters. The zero-order chi connectivity index (χ0) is 14.5. The number of aliphatic hydroxyl groups excluding tert-OH is 1. The highest BCUT2D eigenvalue weighted by Crippen LogP contribution is 2.21. The molecule has 0 saturated heterocycles. The van der Waals surface area contributed by atoms with Crippen molar-refractivity contribution in [1.82, 2.24) is 14.3 Å². The van der Waals surface area contributed by atoms with E-state index in [1.54, 1.807) is 24.4 Å². The predicted octanol–water partition coefficient (Wildman–Crippen LogP) is 1.45. The van der Waals surface area contributed by atoms with Gasteiger partial charge in [-0.2, -0.15) is 4.40 Å². The number of hydrogen-bond donors (Lipinski definition) is 1. The first-order valence-corrected chi connectivity index (χ1v) is 6.61. The van der Waals surface area contributed by atoms with E-state index in [4.69, 9.17) is 5.11 Å². The lowest BCUT2D eigenvalue weighted by atomic mass is 10.3. The van der Waals surface area contributed by atoms with Crippen LogP contribution >= 0.6 is 0 Å². The summed E-state index contributed by atoms with van der Waals surface area (Å²) in [7, 11) is 0. The van der Waals surface area contributed by atoms with Crippen LogP contribution in [0.5, 0.6) is 0 Å². The first-order chi connectivity index (χ1) is 9.67. The number of imidazole rings is 1. The summed E-state index contributed by atoms with van der Waals surface area (Å²) >= 11 is 0. The van der Waals surface area contributed by atoms with Crippen molar-refractivity contribution in [3.05, 3.63) is 40.2 Å². The van der Waals surface area contributed by atoms with Crippen LogP contribution in [-0.4, -0.2) is 44.0 Å². The van der Waals surface area contributed by atoms with Crippen molar-refractivity contribution in [3.8, 4) is 0 Å². The van der Waals surface area contributed by atoms with Crippen LogP contribution in [0.1, 0.15) is 19.0 Å². The summed E-state index contributed by atoms with van der Waals surface area (Å²) in [4.78, 5) is 17.2. The fourth-order valence-corrected chi connectivity index (χ4v) is 2.27. The van der Waals surface area contributed by atoms with Crippen molar-refractivity contribution in [1.29, 1.82) is 0 Å². The van der Waals surface area contributed by atoms with Crippen LogP contribution in [0.4, 0.5) is 5.82 Å². The van der Waals surface area contributed by atoms with Gasteiger partial charge in [0.1, 0.15) is 0 Å². The molecule has 0 aliphatic rings. The lowest BCUT2D eigenvalue weighted by Gasteiger charge is -2.18. The minimum absolute atomic E-state index is 0.000331. The monoisotopic (exact) mass is 278 g/mol. The lowest BCUT2D eigenvalue weighted by molar-refractivity contribution is -0.391. The molecule has 0 unspecified atom stereocenters. The fraction of sp³-hybridized carbons (Fsp3) is 0.462. The van der Waals surface area contributed by atoms with Crippen molar-refractivity contribution in [3.63, 3.8) is 0 Å². The van der Waals surface area contributed by atoms with E-state index < -0.39 is 4.92 Å². The number of aromatic nitrogens is 2. The van der Waals surface area contributed by atoms with Crippen molar-refractivity contribution >= 4 is 11.5 Å². The van der Waals surface area contributed by atoms with Crippen LogP contribution in [0.3, 0.4) is 0 Å². The van der Waals surface area contributed by atoms with Crippen LogP contribution in [0.25, 0.3) is 5.65 Å². The summed E-state index contributed by atoms with van der Waals surface area (Å²) in [6.07, 6.45) is 2.56. The van der Waals surface area contributed by atoms with Gasteiger partial charge in [0, 0.05) is 19.2 Å². The smallest absolute Gasteiger partial charge is 0.352 e. The zero-order valence-electron chi connectivity index (χ0n) is 11.4. The number of pyridine rings is 1. The SMILES string of the molecule is CCCN(CCO)Cc1nc2ccccn2c1[N+](=O)[O-]. The largest absolute Gasteiger partial charge is 0.395 e. The van der Waals surface area contributed by atoms with Gasteiger partial charge in [0.2, 0.25) is 5.65 Å². The van der Waals surface area contributed by atoms with E-state index in [2.05, 4.69) is 4.98 Å². The number of nitrogens with zero attached hydrogens (tertiary/aromatic N) is 4. The number of fused-ring (bicyclic) bond motifs is 1. The van der Waals surface area contributed by atoms with E-state index in [0.717, 1.165) is 13.0 Å². The Morgan fingerprint density at radius 2 is 2.25 bits per heavy atom. The van der Waals surface area contributed by atoms with Gasteiger partial charge < -0.3 is 15.2 Å². The summed E-state index contributed by atoms with van der Waals surface area (Å²) in [6.45, 7) is 3.68. The molecular weight excluding hydrogens is 260 g/mol. The summed E-state index contributed by atoms with van der Waals surface area (Å²) < 4.78 is 1.48. The van der Waals surface area contributed by atoms with Gasteiger partial charge >= 0.3 is 5.82 Å². The van der Waals surface area contributed by atoms with E-state index >= 15 is 0 Å². The maximum atomic E-state index is 11.3. The van der Waals surface area contributed by atoms with Crippen LogP contribution in [-0.2, 0) is 6.54 Å².